The summed E-state index contributed by atoms with van der Waals surface area (Å²) in [4.78, 5) is 4.56. The lowest BCUT2D eigenvalue weighted by Gasteiger charge is -2.11. The molecule has 0 saturated heterocycles. The van der Waals surface area contributed by atoms with Crippen LogP contribution >= 0.6 is 11.3 Å². The van der Waals surface area contributed by atoms with Gasteiger partial charge in [0.25, 0.3) is 10.0 Å². The van der Waals surface area contributed by atoms with Crippen molar-refractivity contribution in [3.8, 4) is 0 Å². The number of fused-ring (bicyclic) bond motifs is 1. The normalized spacial score (nSPS) is 15.8. The van der Waals surface area contributed by atoms with E-state index in [-0.39, 0.29) is 4.90 Å². The highest BCUT2D eigenvalue weighted by molar-refractivity contribution is 7.89. The summed E-state index contributed by atoms with van der Waals surface area (Å²) < 4.78 is 26.3. The lowest BCUT2D eigenvalue weighted by molar-refractivity contribution is 0.581. The van der Waals surface area contributed by atoms with Gasteiger partial charge in [-0.15, -0.1) is 5.10 Å². The second-order valence-corrected chi connectivity index (χ2v) is 7.76. The first kappa shape index (κ1) is 14.3. The van der Waals surface area contributed by atoms with E-state index in [1.807, 2.05) is 11.6 Å². The summed E-state index contributed by atoms with van der Waals surface area (Å²) in [6, 6.07) is 8.27. The van der Waals surface area contributed by atoms with Crippen LogP contribution in [-0.2, 0) is 29.9 Å². The lowest BCUT2D eigenvalue weighted by Crippen LogP contribution is -2.24. The maximum absolute atomic E-state index is 12.2. The standard InChI is InChI=1S/C14H17N3O2S2/c1-17-12-9-5-6-10-13(12)20-14(17)15-16-21(18,19)11-7-3-2-4-8-11/h2-4,7-8,16H,5-6,9-10H2,1H3/b15-14+. The van der Waals surface area contributed by atoms with Crippen LogP contribution in [0.2, 0.25) is 0 Å². The van der Waals surface area contributed by atoms with Gasteiger partial charge in [-0.25, -0.2) is 0 Å². The summed E-state index contributed by atoms with van der Waals surface area (Å²) >= 11 is 1.57. The zero-order valence-corrected chi connectivity index (χ0v) is 13.4. The number of hydrogen-bond acceptors (Lipinski definition) is 4. The van der Waals surface area contributed by atoms with Gasteiger partial charge in [0.2, 0.25) is 4.80 Å². The van der Waals surface area contributed by atoms with Crippen molar-refractivity contribution in [2.45, 2.75) is 30.6 Å². The van der Waals surface area contributed by atoms with E-state index in [0.29, 0.717) is 4.80 Å². The molecule has 0 radical (unpaired) electrons. The molecule has 112 valence electrons. The molecule has 1 aliphatic carbocycles. The summed E-state index contributed by atoms with van der Waals surface area (Å²) in [6.45, 7) is 0. The van der Waals surface area contributed by atoms with Gasteiger partial charge in [0, 0.05) is 17.6 Å². The van der Waals surface area contributed by atoms with Gasteiger partial charge in [0.1, 0.15) is 0 Å². The third kappa shape index (κ3) is 2.89. The average molecular weight is 323 g/mol. The van der Waals surface area contributed by atoms with Crippen molar-refractivity contribution in [3.63, 3.8) is 0 Å². The van der Waals surface area contributed by atoms with E-state index in [9.17, 15) is 8.42 Å². The summed E-state index contributed by atoms with van der Waals surface area (Å²) in [5, 5.41) is 4.10. The molecule has 1 N–H and O–H groups in total. The Labute approximate surface area is 128 Å². The smallest absolute Gasteiger partial charge is 0.276 e. The van der Waals surface area contributed by atoms with Crippen molar-refractivity contribution in [1.29, 1.82) is 0 Å². The SMILES string of the molecule is Cn1c2c(s/c1=N/NS(=O)(=O)c1ccccc1)CCCC2. The first-order valence-electron chi connectivity index (χ1n) is 6.86. The number of nitrogens with zero attached hydrogens (tertiary/aromatic N) is 2. The predicted molar refractivity (Wildman–Crippen MR) is 82.3 cm³/mol. The van der Waals surface area contributed by atoms with E-state index >= 15 is 0 Å². The fourth-order valence-electron chi connectivity index (χ4n) is 2.47. The van der Waals surface area contributed by atoms with Crippen LogP contribution in [0.5, 0.6) is 0 Å². The van der Waals surface area contributed by atoms with Crippen LogP contribution in [0.3, 0.4) is 0 Å². The Hall–Kier alpha value is -1.60. The molecule has 0 unspecified atom stereocenters. The molecule has 3 rings (SSSR count). The Kier molecular flexibility index (Phi) is 3.86. The molecule has 1 aromatic carbocycles. The van der Waals surface area contributed by atoms with E-state index in [2.05, 4.69) is 9.93 Å². The molecule has 0 atom stereocenters. The minimum atomic E-state index is -3.60. The summed E-state index contributed by atoms with van der Waals surface area (Å²) in [7, 11) is -1.66. The van der Waals surface area contributed by atoms with Crippen molar-refractivity contribution < 1.29 is 8.42 Å². The number of nitrogens with one attached hydrogen (secondary N) is 1. The molecule has 0 fully saturated rings. The summed E-state index contributed by atoms with van der Waals surface area (Å²) in [5.74, 6) is 0. The van der Waals surface area contributed by atoms with Crippen LogP contribution in [0.25, 0.3) is 0 Å². The third-order valence-corrected chi connectivity index (χ3v) is 6.07. The van der Waals surface area contributed by atoms with Crippen molar-refractivity contribution in [3.05, 3.63) is 45.7 Å². The van der Waals surface area contributed by atoms with Gasteiger partial charge < -0.3 is 4.57 Å². The van der Waals surface area contributed by atoms with Gasteiger partial charge >= 0.3 is 0 Å². The van der Waals surface area contributed by atoms with E-state index in [4.69, 9.17) is 0 Å². The van der Waals surface area contributed by atoms with Crippen LogP contribution in [-0.4, -0.2) is 13.0 Å². The molecule has 0 saturated carbocycles. The Morgan fingerprint density at radius 1 is 1.19 bits per heavy atom. The van der Waals surface area contributed by atoms with Crippen LogP contribution in [0.4, 0.5) is 0 Å². The molecule has 5 nitrogen and oxygen atoms in total. The maximum Gasteiger partial charge on any atom is 0.276 e. The zero-order chi connectivity index (χ0) is 14.9. The number of aromatic nitrogens is 1. The Morgan fingerprint density at radius 3 is 2.62 bits per heavy atom. The van der Waals surface area contributed by atoms with Gasteiger partial charge in [-0.1, -0.05) is 29.5 Å². The van der Waals surface area contributed by atoms with Gasteiger partial charge in [-0.2, -0.15) is 13.2 Å². The second kappa shape index (κ2) is 5.65. The molecule has 1 aliphatic rings. The first-order valence-corrected chi connectivity index (χ1v) is 9.16. The number of thiazole rings is 1. The number of benzene rings is 1. The topological polar surface area (TPSA) is 63.5 Å². The lowest BCUT2D eigenvalue weighted by atomic mass is 10.0. The minimum absolute atomic E-state index is 0.220. The number of hydrogen-bond donors (Lipinski definition) is 1. The van der Waals surface area contributed by atoms with Crippen LogP contribution in [0.15, 0.2) is 40.3 Å². The van der Waals surface area contributed by atoms with Gasteiger partial charge in [0.15, 0.2) is 0 Å². The van der Waals surface area contributed by atoms with Gasteiger partial charge in [-0.05, 0) is 37.8 Å². The number of sulfonamides is 1. The Bertz CT molecular complexity index is 804. The largest absolute Gasteiger partial charge is 0.322 e. The van der Waals surface area contributed by atoms with Crippen LogP contribution in [0.1, 0.15) is 23.4 Å². The molecule has 1 aromatic heterocycles. The van der Waals surface area contributed by atoms with Gasteiger partial charge in [0.05, 0.1) is 4.90 Å². The van der Waals surface area contributed by atoms with E-state index in [1.54, 1.807) is 41.7 Å². The van der Waals surface area contributed by atoms with Gasteiger partial charge in [-0.3, -0.25) is 0 Å². The molecule has 2 aromatic rings. The fraction of sp³-hybridized carbons (Fsp3) is 0.357. The highest BCUT2D eigenvalue weighted by atomic mass is 32.2. The van der Waals surface area contributed by atoms with E-state index in [0.717, 1.165) is 12.8 Å². The van der Waals surface area contributed by atoms with Crippen LogP contribution < -0.4 is 9.63 Å². The van der Waals surface area contributed by atoms with Crippen LogP contribution in [0, 0.1) is 0 Å². The van der Waals surface area contributed by atoms with E-state index in [1.165, 1.54) is 23.4 Å². The molecule has 1 heterocycles. The Balaban J connectivity index is 1.92. The molecule has 0 amide bonds. The molecule has 0 spiro atoms. The van der Waals surface area contributed by atoms with Crippen molar-refractivity contribution >= 4 is 21.4 Å². The fourth-order valence-corrected chi connectivity index (χ4v) is 4.52. The first-order chi connectivity index (χ1) is 10.1. The average Bonchev–Trinajstić information content (AvgIpc) is 2.83. The molecule has 0 aliphatic heterocycles. The number of aryl methyl sites for hydroxylation is 1. The molecule has 7 heteroatoms. The monoisotopic (exact) mass is 323 g/mol. The maximum atomic E-state index is 12.2. The van der Waals surface area contributed by atoms with Crippen molar-refractivity contribution in [2.24, 2.45) is 12.1 Å². The molecular formula is C14H17N3O2S2. The number of rotatable bonds is 3. The van der Waals surface area contributed by atoms with E-state index < -0.39 is 10.0 Å². The Morgan fingerprint density at radius 2 is 1.90 bits per heavy atom. The predicted octanol–water partition coefficient (Wildman–Crippen LogP) is 1.76. The third-order valence-electron chi connectivity index (χ3n) is 3.61. The molecule has 0 bridgehead atoms. The summed E-state index contributed by atoms with van der Waals surface area (Å²) in [6.07, 6.45) is 4.49. The van der Waals surface area contributed by atoms with Crippen molar-refractivity contribution in [2.75, 3.05) is 0 Å². The second-order valence-electron chi connectivity index (χ2n) is 5.04. The highest BCUT2D eigenvalue weighted by Gasteiger charge is 2.16. The minimum Gasteiger partial charge on any atom is -0.322 e. The molecule has 21 heavy (non-hydrogen) atoms. The quantitative estimate of drug-likeness (QED) is 0.875. The van der Waals surface area contributed by atoms with Crippen molar-refractivity contribution in [1.82, 2.24) is 9.40 Å². The highest BCUT2D eigenvalue weighted by Crippen LogP contribution is 2.22. The zero-order valence-electron chi connectivity index (χ0n) is 11.7. The molecular weight excluding hydrogens is 306 g/mol. The summed E-state index contributed by atoms with van der Waals surface area (Å²) in [5.41, 5.74) is 1.28.